The average molecular weight is 317 g/mol. The molecule has 1 aromatic carbocycles. The smallest absolute Gasteiger partial charge is 0.405 e. The highest BCUT2D eigenvalue weighted by molar-refractivity contribution is 5.85. The molecule has 1 saturated heterocycles. The zero-order chi connectivity index (χ0) is 16.6. The highest BCUT2D eigenvalue weighted by Gasteiger charge is 2.22. The van der Waals surface area contributed by atoms with Crippen LogP contribution in [0.4, 0.5) is 15.0 Å². The van der Waals surface area contributed by atoms with Crippen molar-refractivity contribution in [3.05, 3.63) is 35.1 Å². The molecule has 1 unspecified atom stereocenters. The van der Waals surface area contributed by atoms with Crippen LogP contribution in [0.15, 0.2) is 18.2 Å². The molecule has 2 N–H and O–H groups in total. The molecule has 0 saturated carbocycles. The SMILES string of the molecule is Cc1c(F)ccc2cc(C(C)NC(=O)O)c(N3CCCC3)nc12. The third-order valence-corrected chi connectivity index (χ3v) is 4.40. The summed E-state index contributed by atoms with van der Waals surface area (Å²) < 4.78 is 13.8. The van der Waals surface area contributed by atoms with Crippen molar-refractivity contribution in [3.63, 3.8) is 0 Å². The first kappa shape index (κ1) is 15.5. The fourth-order valence-corrected chi connectivity index (χ4v) is 3.13. The molecule has 23 heavy (non-hydrogen) atoms. The number of aromatic nitrogens is 1. The van der Waals surface area contributed by atoms with Crippen molar-refractivity contribution in [3.8, 4) is 0 Å². The number of rotatable bonds is 3. The van der Waals surface area contributed by atoms with E-state index in [0.717, 1.165) is 42.7 Å². The van der Waals surface area contributed by atoms with Crippen LogP contribution in [-0.4, -0.2) is 29.3 Å². The summed E-state index contributed by atoms with van der Waals surface area (Å²) in [5.74, 6) is 0.479. The van der Waals surface area contributed by atoms with Gasteiger partial charge in [0.25, 0.3) is 0 Å². The molecule has 1 amide bonds. The van der Waals surface area contributed by atoms with E-state index >= 15 is 0 Å². The van der Waals surface area contributed by atoms with Gasteiger partial charge in [-0.2, -0.15) is 0 Å². The summed E-state index contributed by atoms with van der Waals surface area (Å²) in [5.41, 5.74) is 1.99. The number of aryl methyl sites for hydroxylation is 1. The first-order chi connectivity index (χ1) is 11.0. The highest BCUT2D eigenvalue weighted by Crippen LogP contribution is 2.32. The number of fused-ring (bicyclic) bond motifs is 1. The summed E-state index contributed by atoms with van der Waals surface area (Å²) in [6.45, 7) is 5.29. The molecule has 1 aliphatic heterocycles. The van der Waals surface area contributed by atoms with Gasteiger partial charge >= 0.3 is 6.09 Å². The Balaban J connectivity index is 2.17. The number of hydrogen-bond donors (Lipinski definition) is 2. The van der Waals surface area contributed by atoms with Gasteiger partial charge in [0.2, 0.25) is 0 Å². The van der Waals surface area contributed by atoms with Crippen LogP contribution in [0.1, 0.15) is 36.9 Å². The molecule has 3 rings (SSSR count). The van der Waals surface area contributed by atoms with Gasteiger partial charge in [-0.3, -0.25) is 0 Å². The van der Waals surface area contributed by atoms with Gasteiger partial charge in [-0.15, -0.1) is 0 Å². The monoisotopic (exact) mass is 317 g/mol. The van der Waals surface area contributed by atoms with Crippen LogP contribution in [-0.2, 0) is 0 Å². The molecule has 0 spiro atoms. The number of carboxylic acid groups (broad SMARTS) is 1. The Bertz CT molecular complexity index is 757. The lowest BCUT2D eigenvalue weighted by atomic mass is 10.0. The standard InChI is InChI=1S/C17H20FN3O2/c1-10-14(18)6-5-12-9-13(11(2)19-17(22)23)16(20-15(10)12)21-7-3-4-8-21/h5-6,9,11,19H,3-4,7-8H2,1-2H3,(H,22,23). The summed E-state index contributed by atoms with van der Waals surface area (Å²) in [6.07, 6.45) is 1.10. The van der Waals surface area contributed by atoms with Crippen molar-refractivity contribution in [1.29, 1.82) is 0 Å². The van der Waals surface area contributed by atoms with E-state index < -0.39 is 6.09 Å². The minimum Gasteiger partial charge on any atom is -0.465 e. The van der Waals surface area contributed by atoms with Gasteiger partial charge in [0, 0.05) is 29.6 Å². The molecule has 0 bridgehead atoms. The van der Waals surface area contributed by atoms with Crippen molar-refractivity contribution < 1.29 is 14.3 Å². The van der Waals surface area contributed by atoms with Crippen LogP contribution in [0.3, 0.4) is 0 Å². The Hall–Kier alpha value is -2.37. The third kappa shape index (κ3) is 2.93. The van der Waals surface area contributed by atoms with Crippen LogP contribution in [0.25, 0.3) is 10.9 Å². The number of anilines is 1. The third-order valence-electron chi connectivity index (χ3n) is 4.40. The number of benzene rings is 1. The lowest BCUT2D eigenvalue weighted by Gasteiger charge is -2.24. The lowest BCUT2D eigenvalue weighted by molar-refractivity contribution is 0.191. The minimum absolute atomic E-state index is 0.276. The first-order valence-electron chi connectivity index (χ1n) is 7.81. The van der Waals surface area contributed by atoms with Gasteiger partial charge in [-0.05, 0) is 44.9 Å². The predicted octanol–water partition coefficient (Wildman–Crippen LogP) is 3.61. The second-order valence-corrected chi connectivity index (χ2v) is 6.01. The highest BCUT2D eigenvalue weighted by atomic mass is 19.1. The van der Waals surface area contributed by atoms with E-state index in [1.54, 1.807) is 19.9 Å². The van der Waals surface area contributed by atoms with E-state index in [2.05, 4.69) is 10.2 Å². The van der Waals surface area contributed by atoms with Gasteiger partial charge in [0.1, 0.15) is 11.6 Å². The second-order valence-electron chi connectivity index (χ2n) is 6.01. The van der Waals surface area contributed by atoms with E-state index in [4.69, 9.17) is 10.1 Å². The van der Waals surface area contributed by atoms with Gasteiger partial charge in [-0.1, -0.05) is 0 Å². The van der Waals surface area contributed by atoms with E-state index in [-0.39, 0.29) is 11.9 Å². The minimum atomic E-state index is -1.07. The number of pyridine rings is 1. The number of nitrogens with zero attached hydrogens (tertiary/aromatic N) is 2. The van der Waals surface area contributed by atoms with Crippen molar-refractivity contribution in [2.45, 2.75) is 32.7 Å². The molecule has 2 aromatic rings. The maximum atomic E-state index is 13.8. The van der Waals surface area contributed by atoms with E-state index in [1.807, 2.05) is 6.07 Å². The summed E-state index contributed by atoms with van der Waals surface area (Å²) in [5, 5.41) is 12.3. The van der Waals surface area contributed by atoms with Crippen molar-refractivity contribution in [2.24, 2.45) is 0 Å². The molecule has 1 fully saturated rings. The Morgan fingerprint density at radius 1 is 1.39 bits per heavy atom. The van der Waals surface area contributed by atoms with Crippen molar-refractivity contribution in [1.82, 2.24) is 10.3 Å². The van der Waals surface area contributed by atoms with Gasteiger partial charge < -0.3 is 15.3 Å². The van der Waals surface area contributed by atoms with Crippen LogP contribution in [0.5, 0.6) is 0 Å². The molecule has 1 aromatic heterocycles. The number of nitrogens with one attached hydrogen (secondary N) is 1. The molecule has 1 atom stereocenters. The number of amides is 1. The molecule has 5 nitrogen and oxygen atoms in total. The molecular formula is C17H20FN3O2. The summed E-state index contributed by atoms with van der Waals surface area (Å²) in [7, 11) is 0. The van der Waals surface area contributed by atoms with Crippen LogP contribution in [0.2, 0.25) is 0 Å². The molecule has 122 valence electrons. The zero-order valence-electron chi connectivity index (χ0n) is 13.3. The molecule has 6 heteroatoms. The molecule has 1 aliphatic rings. The Kier molecular flexibility index (Phi) is 4.07. The van der Waals surface area contributed by atoms with Crippen molar-refractivity contribution in [2.75, 3.05) is 18.0 Å². The molecular weight excluding hydrogens is 297 g/mol. The fourth-order valence-electron chi connectivity index (χ4n) is 3.13. The second kappa shape index (κ2) is 6.02. The van der Waals surface area contributed by atoms with Crippen LogP contribution < -0.4 is 10.2 Å². The predicted molar refractivity (Wildman–Crippen MR) is 87.5 cm³/mol. The van der Waals surface area contributed by atoms with E-state index in [9.17, 15) is 9.18 Å². The summed E-state index contributed by atoms with van der Waals surface area (Å²) >= 11 is 0. The first-order valence-corrected chi connectivity index (χ1v) is 7.81. The fraction of sp³-hybridized carbons (Fsp3) is 0.412. The Labute approximate surface area is 134 Å². The van der Waals surface area contributed by atoms with Gasteiger partial charge in [0.05, 0.1) is 11.6 Å². The molecule has 0 radical (unpaired) electrons. The van der Waals surface area contributed by atoms with Gasteiger partial charge in [-0.25, -0.2) is 14.2 Å². The maximum absolute atomic E-state index is 13.8. The number of carbonyl (C=O) groups is 1. The molecule has 0 aliphatic carbocycles. The van der Waals surface area contributed by atoms with Crippen LogP contribution in [0, 0.1) is 12.7 Å². The maximum Gasteiger partial charge on any atom is 0.405 e. The number of hydrogen-bond acceptors (Lipinski definition) is 3. The lowest BCUT2D eigenvalue weighted by Crippen LogP contribution is -2.28. The zero-order valence-corrected chi connectivity index (χ0v) is 13.3. The Morgan fingerprint density at radius 3 is 2.74 bits per heavy atom. The summed E-state index contributed by atoms with van der Waals surface area (Å²) in [6, 6.07) is 4.65. The van der Waals surface area contributed by atoms with E-state index in [0.29, 0.717) is 11.1 Å². The number of halogens is 1. The average Bonchev–Trinajstić information content (AvgIpc) is 3.03. The largest absolute Gasteiger partial charge is 0.465 e. The molecule has 2 heterocycles. The summed E-state index contributed by atoms with van der Waals surface area (Å²) in [4.78, 5) is 17.8. The van der Waals surface area contributed by atoms with Gasteiger partial charge in [0.15, 0.2) is 0 Å². The Morgan fingerprint density at radius 2 is 2.09 bits per heavy atom. The quantitative estimate of drug-likeness (QED) is 0.907. The van der Waals surface area contributed by atoms with E-state index in [1.165, 1.54) is 6.07 Å². The van der Waals surface area contributed by atoms with Crippen molar-refractivity contribution >= 4 is 22.8 Å². The topological polar surface area (TPSA) is 65.5 Å². The van der Waals surface area contributed by atoms with Crippen LogP contribution >= 0.6 is 0 Å². The normalized spacial score (nSPS) is 15.9.